The highest BCUT2D eigenvalue weighted by Crippen LogP contribution is 2.27. The lowest BCUT2D eigenvalue weighted by atomic mass is 10.0. The number of rotatable bonds is 12. The number of unbranched alkanes of at least 4 members (excludes halogenated alkanes) is 2. The summed E-state index contributed by atoms with van der Waals surface area (Å²) in [5, 5.41) is 6.44. The smallest absolute Gasteiger partial charge is 0.268 e. The number of amides is 1. The summed E-state index contributed by atoms with van der Waals surface area (Å²) in [4.78, 5) is 36.4. The molecule has 5 aromatic rings. The van der Waals surface area contributed by atoms with Crippen molar-refractivity contribution in [3.8, 4) is 17.0 Å². The molecule has 0 saturated heterocycles. The van der Waals surface area contributed by atoms with Gasteiger partial charge in [0, 0.05) is 29.3 Å². The maximum absolute atomic E-state index is 13.3. The zero-order valence-electron chi connectivity index (χ0n) is 22.4. The Morgan fingerprint density at radius 2 is 1.77 bits per heavy atom. The molecule has 0 saturated carbocycles. The van der Waals surface area contributed by atoms with Crippen LogP contribution in [0.4, 0.5) is 0 Å². The SMILES string of the molecule is CCC(=O)CCCCC[C@H](NC(=O)c1cc2cc(OC)ccc2[nH]1)c1ncc(-c2ccc3ccccc3c2)[nH]1. The maximum Gasteiger partial charge on any atom is 0.268 e. The first kappa shape index (κ1) is 26.2. The van der Waals surface area contributed by atoms with Crippen LogP contribution in [0, 0.1) is 0 Å². The quantitative estimate of drug-likeness (QED) is 0.152. The van der Waals surface area contributed by atoms with Crippen LogP contribution in [0.3, 0.4) is 0 Å². The van der Waals surface area contributed by atoms with Crippen molar-refractivity contribution in [2.75, 3.05) is 7.11 Å². The largest absolute Gasteiger partial charge is 0.497 e. The predicted molar refractivity (Wildman–Crippen MR) is 155 cm³/mol. The molecule has 0 bridgehead atoms. The first-order chi connectivity index (χ1) is 19.0. The van der Waals surface area contributed by atoms with Crippen LogP contribution in [-0.2, 0) is 4.79 Å². The van der Waals surface area contributed by atoms with Crippen molar-refractivity contribution in [1.82, 2.24) is 20.3 Å². The van der Waals surface area contributed by atoms with Gasteiger partial charge < -0.3 is 20.0 Å². The molecular formula is C32H34N4O3. The summed E-state index contributed by atoms with van der Waals surface area (Å²) in [6.45, 7) is 1.90. The van der Waals surface area contributed by atoms with Crippen molar-refractivity contribution in [1.29, 1.82) is 0 Å². The number of hydrogen-bond donors (Lipinski definition) is 3. The lowest BCUT2D eigenvalue weighted by Gasteiger charge is -2.16. The van der Waals surface area contributed by atoms with E-state index in [-0.39, 0.29) is 11.9 Å². The Morgan fingerprint density at radius 1 is 0.923 bits per heavy atom. The van der Waals surface area contributed by atoms with Crippen LogP contribution >= 0.6 is 0 Å². The van der Waals surface area contributed by atoms with Crippen LogP contribution in [0.15, 0.2) is 72.9 Å². The molecule has 0 aliphatic carbocycles. The Morgan fingerprint density at radius 3 is 2.59 bits per heavy atom. The molecule has 2 heterocycles. The number of aromatic nitrogens is 3. The van der Waals surface area contributed by atoms with Crippen molar-refractivity contribution in [2.45, 2.75) is 51.5 Å². The number of H-pyrrole nitrogens is 2. The zero-order chi connectivity index (χ0) is 27.2. The van der Waals surface area contributed by atoms with Crippen LogP contribution < -0.4 is 10.1 Å². The average Bonchev–Trinajstić information content (AvgIpc) is 3.63. The number of imidazole rings is 1. The second-order valence-corrected chi connectivity index (χ2v) is 9.90. The van der Waals surface area contributed by atoms with Gasteiger partial charge in [0.1, 0.15) is 23.1 Å². The summed E-state index contributed by atoms with van der Waals surface area (Å²) in [5.74, 6) is 1.56. The Balaban J connectivity index is 1.35. The molecule has 2 aromatic heterocycles. The molecule has 7 nitrogen and oxygen atoms in total. The molecule has 0 aliphatic rings. The van der Waals surface area contributed by atoms with Gasteiger partial charge in [0.2, 0.25) is 0 Å². The topological polar surface area (TPSA) is 99.9 Å². The summed E-state index contributed by atoms with van der Waals surface area (Å²) in [6, 6.07) is 21.8. The number of benzene rings is 3. The molecule has 3 aromatic carbocycles. The van der Waals surface area contributed by atoms with E-state index in [1.54, 1.807) is 7.11 Å². The molecule has 200 valence electrons. The number of methoxy groups -OCH3 is 1. The van der Waals surface area contributed by atoms with E-state index < -0.39 is 0 Å². The lowest BCUT2D eigenvalue weighted by molar-refractivity contribution is -0.118. The van der Waals surface area contributed by atoms with Gasteiger partial charge in [0.15, 0.2) is 0 Å². The number of ether oxygens (including phenoxy) is 1. The van der Waals surface area contributed by atoms with E-state index in [2.05, 4.69) is 50.6 Å². The number of aromatic amines is 2. The van der Waals surface area contributed by atoms with E-state index in [0.29, 0.717) is 36.6 Å². The van der Waals surface area contributed by atoms with Crippen LogP contribution in [0.2, 0.25) is 0 Å². The number of ketones is 1. The van der Waals surface area contributed by atoms with Crippen LogP contribution in [0.5, 0.6) is 5.75 Å². The number of hydrogen-bond acceptors (Lipinski definition) is 4. The molecular weight excluding hydrogens is 488 g/mol. The summed E-state index contributed by atoms with van der Waals surface area (Å²) < 4.78 is 5.31. The normalized spacial score (nSPS) is 12.1. The molecule has 3 N–H and O–H groups in total. The minimum absolute atomic E-state index is 0.194. The Hall–Kier alpha value is -4.39. The van der Waals surface area contributed by atoms with Crippen molar-refractivity contribution in [3.63, 3.8) is 0 Å². The highest BCUT2D eigenvalue weighted by atomic mass is 16.5. The molecule has 0 fully saturated rings. The van der Waals surface area contributed by atoms with Crippen LogP contribution in [-0.4, -0.2) is 33.8 Å². The molecule has 0 aliphatic heterocycles. The fraction of sp³-hybridized carbons (Fsp3) is 0.281. The third kappa shape index (κ3) is 6.20. The second-order valence-electron chi connectivity index (χ2n) is 9.90. The van der Waals surface area contributed by atoms with E-state index in [4.69, 9.17) is 4.74 Å². The molecule has 1 amide bonds. The van der Waals surface area contributed by atoms with Gasteiger partial charge in [0.25, 0.3) is 5.91 Å². The number of nitrogens with zero attached hydrogens (tertiary/aromatic N) is 1. The van der Waals surface area contributed by atoms with E-state index in [1.165, 1.54) is 5.39 Å². The third-order valence-electron chi connectivity index (χ3n) is 7.21. The van der Waals surface area contributed by atoms with Gasteiger partial charge in [-0.2, -0.15) is 0 Å². The zero-order valence-corrected chi connectivity index (χ0v) is 22.4. The number of fused-ring (bicyclic) bond motifs is 2. The lowest BCUT2D eigenvalue weighted by Crippen LogP contribution is -2.29. The summed E-state index contributed by atoms with van der Waals surface area (Å²) in [6.07, 6.45) is 6.38. The fourth-order valence-corrected chi connectivity index (χ4v) is 4.91. The van der Waals surface area contributed by atoms with Crippen molar-refractivity contribution >= 4 is 33.4 Å². The van der Waals surface area contributed by atoms with Crippen LogP contribution in [0.1, 0.15) is 67.8 Å². The summed E-state index contributed by atoms with van der Waals surface area (Å²) >= 11 is 0. The molecule has 5 rings (SSSR count). The Labute approximate surface area is 228 Å². The van der Waals surface area contributed by atoms with Gasteiger partial charge in [-0.05, 0) is 53.9 Å². The van der Waals surface area contributed by atoms with Crippen molar-refractivity contribution in [2.24, 2.45) is 0 Å². The fourth-order valence-electron chi connectivity index (χ4n) is 4.91. The van der Waals surface area contributed by atoms with Crippen LogP contribution in [0.25, 0.3) is 32.9 Å². The summed E-state index contributed by atoms with van der Waals surface area (Å²) in [5.41, 5.74) is 3.30. The standard InChI is InChI=1S/C32H34N4O3/c1-3-25(37)11-5-4-6-12-28(36-32(38)29-19-24-18-26(39-2)15-16-27(24)34-29)31-33-20-30(35-31)23-14-13-21-9-7-8-10-22(21)17-23/h7-10,13-20,28,34H,3-6,11-12H2,1-2H3,(H,33,35)(H,36,38)/t28-/m0/s1. The predicted octanol–water partition coefficient (Wildman–Crippen LogP) is 7.12. The molecule has 0 spiro atoms. The highest BCUT2D eigenvalue weighted by Gasteiger charge is 2.20. The molecule has 39 heavy (non-hydrogen) atoms. The summed E-state index contributed by atoms with van der Waals surface area (Å²) in [7, 11) is 1.62. The molecule has 0 radical (unpaired) electrons. The van der Waals surface area contributed by atoms with Gasteiger partial charge in [-0.1, -0.05) is 56.2 Å². The van der Waals surface area contributed by atoms with Gasteiger partial charge in [-0.25, -0.2) is 4.98 Å². The maximum atomic E-state index is 13.3. The van der Waals surface area contributed by atoms with Gasteiger partial charge in [-0.3, -0.25) is 9.59 Å². The Bertz CT molecular complexity index is 1600. The minimum atomic E-state index is -0.297. The van der Waals surface area contributed by atoms with E-state index in [9.17, 15) is 9.59 Å². The first-order valence-electron chi connectivity index (χ1n) is 13.6. The first-order valence-corrected chi connectivity index (χ1v) is 13.6. The van der Waals surface area contributed by atoms with Gasteiger partial charge in [-0.15, -0.1) is 0 Å². The second kappa shape index (κ2) is 12.0. The van der Waals surface area contributed by atoms with Crippen molar-refractivity contribution in [3.05, 3.63) is 84.4 Å². The minimum Gasteiger partial charge on any atom is -0.497 e. The monoisotopic (exact) mass is 522 g/mol. The van der Waals surface area contributed by atoms with E-state index >= 15 is 0 Å². The molecule has 1 atom stereocenters. The number of nitrogens with one attached hydrogen (secondary N) is 3. The Kier molecular flexibility index (Phi) is 8.06. The van der Waals surface area contributed by atoms with Gasteiger partial charge in [0.05, 0.1) is 25.0 Å². The van der Waals surface area contributed by atoms with Gasteiger partial charge >= 0.3 is 0 Å². The number of carbonyl (C=O) groups excluding carboxylic acids is 2. The third-order valence-corrected chi connectivity index (χ3v) is 7.21. The van der Waals surface area contributed by atoms with Crippen molar-refractivity contribution < 1.29 is 14.3 Å². The average molecular weight is 523 g/mol. The van der Waals surface area contributed by atoms with E-state index in [1.807, 2.05) is 49.5 Å². The number of carbonyl (C=O) groups is 2. The molecule has 0 unspecified atom stereocenters. The molecule has 7 heteroatoms. The number of Topliss-reactive ketones (excluding diaryl/α,β-unsaturated/α-hetero) is 1. The highest BCUT2D eigenvalue weighted by molar-refractivity contribution is 5.98. The van der Waals surface area contributed by atoms with E-state index in [0.717, 1.165) is 52.6 Å².